The second-order valence-electron chi connectivity index (χ2n) is 4.99. The van der Waals surface area contributed by atoms with Gasteiger partial charge in [0.15, 0.2) is 0 Å². The predicted molar refractivity (Wildman–Crippen MR) is 87.2 cm³/mol. The largest absolute Gasteiger partial charge is 0.384 e. The Hall–Kier alpha value is -2.55. The lowest BCUT2D eigenvalue weighted by Crippen LogP contribution is -2.06. The van der Waals surface area contributed by atoms with Crippen molar-refractivity contribution in [3.05, 3.63) is 73.3 Å². The van der Waals surface area contributed by atoms with Crippen LogP contribution in [0, 0.1) is 0 Å². The first-order valence-electron chi connectivity index (χ1n) is 7.27. The highest BCUT2D eigenvalue weighted by atomic mass is 15.0. The summed E-state index contributed by atoms with van der Waals surface area (Å²) in [7, 11) is 0. The molecule has 0 aliphatic rings. The molecule has 0 saturated carbocycles. The van der Waals surface area contributed by atoms with Crippen LogP contribution in [-0.4, -0.2) is 16.1 Å². The number of hydrogen-bond acceptors (Lipinski definition) is 2. The molecule has 0 radical (unpaired) electrons. The minimum absolute atomic E-state index is 0.946. The summed E-state index contributed by atoms with van der Waals surface area (Å²) in [6.45, 7) is 1.93. The average Bonchev–Trinajstić information content (AvgIpc) is 3.06. The van der Waals surface area contributed by atoms with Gasteiger partial charge in [-0.1, -0.05) is 48.5 Å². The molecule has 0 aliphatic carbocycles. The van der Waals surface area contributed by atoms with E-state index in [9.17, 15) is 0 Å². The van der Waals surface area contributed by atoms with Crippen molar-refractivity contribution in [2.24, 2.45) is 0 Å². The van der Waals surface area contributed by atoms with Gasteiger partial charge in [0.1, 0.15) is 0 Å². The molecule has 1 aromatic heterocycles. The van der Waals surface area contributed by atoms with Crippen molar-refractivity contribution in [2.75, 3.05) is 11.9 Å². The summed E-state index contributed by atoms with van der Waals surface area (Å²) in [4.78, 5) is 4.06. The summed E-state index contributed by atoms with van der Waals surface area (Å²) in [6, 6.07) is 18.9. The standard InChI is InChI=1S/C18H19N3/c1-2-7-16(8-3-1)17-9-4-5-10-18(17)20-11-6-13-21-14-12-19-15-21/h1-5,7-10,12,14-15,20H,6,11,13H2. The van der Waals surface area contributed by atoms with Crippen molar-refractivity contribution in [2.45, 2.75) is 13.0 Å². The fourth-order valence-electron chi connectivity index (χ4n) is 2.41. The normalized spacial score (nSPS) is 10.5. The maximum atomic E-state index is 4.06. The Bertz CT molecular complexity index is 660. The Morgan fingerprint density at radius 3 is 2.57 bits per heavy atom. The maximum Gasteiger partial charge on any atom is 0.0945 e. The molecule has 106 valence electrons. The lowest BCUT2D eigenvalue weighted by Gasteiger charge is -2.12. The molecule has 1 N–H and O–H groups in total. The van der Waals surface area contributed by atoms with Crippen molar-refractivity contribution in [1.82, 2.24) is 9.55 Å². The first kappa shape index (κ1) is 13.4. The Labute approximate surface area is 125 Å². The number of aryl methyl sites for hydroxylation is 1. The number of imidazole rings is 1. The lowest BCUT2D eigenvalue weighted by molar-refractivity contribution is 0.661. The van der Waals surface area contributed by atoms with E-state index in [1.807, 2.05) is 24.8 Å². The van der Waals surface area contributed by atoms with E-state index in [1.165, 1.54) is 16.8 Å². The molecule has 1 heterocycles. The summed E-state index contributed by atoms with van der Waals surface area (Å²) >= 11 is 0. The minimum Gasteiger partial charge on any atom is -0.384 e. The minimum atomic E-state index is 0.946. The van der Waals surface area contributed by atoms with Gasteiger partial charge in [0.2, 0.25) is 0 Å². The van der Waals surface area contributed by atoms with Crippen molar-refractivity contribution in [3.63, 3.8) is 0 Å². The van der Waals surface area contributed by atoms with E-state index in [1.54, 1.807) is 0 Å². The molecular formula is C18H19N3. The SMILES string of the molecule is c1ccc(-c2ccccc2NCCCn2ccnc2)cc1. The van der Waals surface area contributed by atoms with Crippen LogP contribution < -0.4 is 5.32 Å². The molecule has 3 aromatic rings. The number of para-hydroxylation sites is 1. The number of rotatable bonds is 6. The molecule has 3 nitrogen and oxygen atoms in total. The van der Waals surface area contributed by atoms with Crippen LogP contribution >= 0.6 is 0 Å². The lowest BCUT2D eigenvalue weighted by atomic mass is 10.0. The summed E-state index contributed by atoms with van der Waals surface area (Å²) in [6.07, 6.45) is 6.74. The highest BCUT2D eigenvalue weighted by molar-refractivity contribution is 5.77. The highest BCUT2D eigenvalue weighted by Crippen LogP contribution is 2.27. The van der Waals surface area contributed by atoms with E-state index < -0.39 is 0 Å². The van der Waals surface area contributed by atoms with E-state index in [0.29, 0.717) is 0 Å². The van der Waals surface area contributed by atoms with Gasteiger partial charge in [-0.05, 0) is 18.1 Å². The third-order valence-electron chi connectivity index (χ3n) is 3.48. The smallest absolute Gasteiger partial charge is 0.0945 e. The van der Waals surface area contributed by atoms with Crippen molar-refractivity contribution < 1.29 is 0 Å². The molecule has 0 aliphatic heterocycles. The van der Waals surface area contributed by atoms with Crippen LogP contribution in [0.3, 0.4) is 0 Å². The monoisotopic (exact) mass is 277 g/mol. The third-order valence-corrected chi connectivity index (χ3v) is 3.48. The van der Waals surface area contributed by atoms with Gasteiger partial charge in [-0.2, -0.15) is 0 Å². The van der Waals surface area contributed by atoms with Gasteiger partial charge in [0.05, 0.1) is 6.33 Å². The topological polar surface area (TPSA) is 29.9 Å². The molecule has 3 heteroatoms. The van der Waals surface area contributed by atoms with E-state index in [-0.39, 0.29) is 0 Å². The molecular weight excluding hydrogens is 258 g/mol. The van der Waals surface area contributed by atoms with Crippen LogP contribution in [-0.2, 0) is 6.54 Å². The zero-order valence-electron chi connectivity index (χ0n) is 11.9. The fourth-order valence-corrected chi connectivity index (χ4v) is 2.41. The number of hydrogen-bond donors (Lipinski definition) is 1. The number of nitrogens with one attached hydrogen (secondary N) is 1. The zero-order valence-corrected chi connectivity index (χ0v) is 11.9. The molecule has 0 atom stereocenters. The van der Waals surface area contributed by atoms with E-state index in [4.69, 9.17) is 0 Å². The summed E-state index contributed by atoms with van der Waals surface area (Å²) < 4.78 is 2.10. The molecule has 0 saturated heterocycles. The van der Waals surface area contributed by atoms with Gasteiger partial charge in [-0.15, -0.1) is 0 Å². The molecule has 0 fully saturated rings. The van der Waals surface area contributed by atoms with Gasteiger partial charge in [0.25, 0.3) is 0 Å². The van der Waals surface area contributed by atoms with Crippen LogP contribution in [0.15, 0.2) is 73.3 Å². The first-order chi connectivity index (χ1) is 10.4. The zero-order chi connectivity index (χ0) is 14.3. The van der Waals surface area contributed by atoms with Gasteiger partial charge in [0, 0.05) is 36.7 Å². The van der Waals surface area contributed by atoms with Crippen molar-refractivity contribution in [1.29, 1.82) is 0 Å². The van der Waals surface area contributed by atoms with Gasteiger partial charge < -0.3 is 9.88 Å². The second-order valence-corrected chi connectivity index (χ2v) is 4.99. The Kier molecular flexibility index (Phi) is 4.32. The molecule has 0 spiro atoms. The third kappa shape index (κ3) is 3.51. The first-order valence-corrected chi connectivity index (χ1v) is 7.27. The van der Waals surface area contributed by atoms with Crippen molar-refractivity contribution >= 4 is 5.69 Å². The second kappa shape index (κ2) is 6.75. The predicted octanol–water partition coefficient (Wildman–Crippen LogP) is 4.05. The highest BCUT2D eigenvalue weighted by Gasteiger charge is 2.03. The number of nitrogens with zero attached hydrogens (tertiary/aromatic N) is 2. The Balaban J connectivity index is 1.63. The number of anilines is 1. The van der Waals surface area contributed by atoms with Gasteiger partial charge >= 0.3 is 0 Å². The fraction of sp³-hybridized carbons (Fsp3) is 0.167. The van der Waals surface area contributed by atoms with Crippen LogP contribution in [0.5, 0.6) is 0 Å². The van der Waals surface area contributed by atoms with E-state index in [2.05, 4.69) is 63.4 Å². The summed E-state index contributed by atoms with van der Waals surface area (Å²) in [5.41, 5.74) is 3.69. The van der Waals surface area contributed by atoms with Crippen LogP contribution in [0.1, 0.15) is 6.42 Å². The van der Waals surface area contributed by atoms with Gasteiger partial charge in [-0.25, -0.2) is 4.98 Å². The quantitative estimate of drug-likeness (QED) is 0.689. The van der Waals surface area contributed by atoms with Crippen LogP contribution in [0.4, 0.5) is 5.69 Å². The summed E-state index contributed by atoms with van der Waals surface area (Å²) in [5.74, 6) is 0. The molecule has 0 amide bonds. The molecule has 0 unspecified atom stereocenters. The van der Waals surface area contributed by atoms with Crippen LogP contribution in [0.2, 0.25) is 0 Å². The van der Waals surface area contributed by atoms with E-state index in [0.717, 1.165) is 19.5 Å². The Morgan fingerprint density at radius 1 is 0.952 bits per heavy atom. The van der Waals surface area contributed by atoms with Crippen molar-refractivity contribution in [3.8, 4) is 11.1 Å². The maximum absolute atomic E-state index is 4.06. The number of benzene rings is 2. The Morgan fingerprint density at radius 2 is 1.76 bits per heavy atom. The molecule has 0 bridgehead atoms. The summed E-state index contributed by atoms with van der Waals surface area (Å²) in [5, 5.41) is 3.54. The van der Waals surface area contributed by atoms with E-state index >= 15 is 0 Å². The molecule has 3 rings (SSSR count). The number of aromatic nitrogens is 2. The average molecular weight is 277 g/mol. The van der Waals surface area contributed by atoms with Crippen LogP contribution in [0.25, 0.3) is 11.1 Å². The molecule has 2 aromatic carbocycles. The van der Waals surface area contributed by atoms with Gasteiger partial charge in [-0.3, -0.25) is 0 Å². The molecule has 21 heavy (non-hydrogen) atoms.